The van der Waals surface area contributed by atoms with Gasteiger partial charge >= 0.3 is 24.3 Å². The molecular weight excluding hydrogens is 647 g/mol. The van der Waals surface area contributed by atoms with Gasteiger partial charge in [-0.15, -0.1) is 0 Å². The molecule has 2 aromatic rings. The molecule has 3 N–H and O–H groups in total. The molecule has 1 saturated carbocycles. The first kappa shape index (κ1) is 35.2. The number of alkyl halides is 6. The number of benzene rings is 2. The highest BCUT2D eigenvalue weighted by Crippen LogP contribution is 2.40. The molecule has 2 aromatic carbocycles. The third kappa shape index (κ3) is 9.36. The topological polar surface area (TPSA) is 122 Å². The minimum atomic E-state index is -5.08. The van der Waals surface area contributed by atoms with Crippen molar-refractivity contribution in [3.8, 4) is 0 Å². The van der Waals surface area contributed by atoms with Crippen LogP contribution in [0.5, 0.6) is 0 Å². The summed E-state index contributed by atoms with van der Waals surface area (Å²) >= 11 is 12.5. The number of aliphatic hydroxyl groups excluding tert-OH is 1. The molecule has 3 aliphatic rings. The van der Waals surface area contributed by atoms with Crippen molar-refractivity contribution in [1.82, 2.24) is 4.90 Å². The number of carbonyl (C=O) groups is 3. The van der Waals surface area contributed by atoms with Crippen LogP contribution in [0, 0.1) is 0 Å². The molecule has 1 saturated heterocycles. The highest BCUT2D eigenvalue weighted by atomic mass is 35.5. The molecule has 0 aromatic heterocycles. The number of rotatable bonds is 4. The van der Waals surface area contributed by atoms with Gasteiger partial charge in [-0.25, -0.2) is 9.59 Å². The molecular formula is C27H27Cl2F6N3O6. The fraction of sp³-hybridized carbons (Fsp3) is 0.444. The third-order valence-electron chi connectivity index (χ3n) is 6.83. The summed E-state index contributed by atoms with van der Waals surface area (Å²) in [5, 5.41) is 25.8. The number of amides is 1. The van der Waals surface area contributed by atoms with Crippen molar-refractivity contribution in [3.05, 3.63) is 58.1 Å². The number of aliphatic carboxylic acids is 2. The van der Waals surface area contributed by atoms with Crippen LogP contribution in [0.15, 0.2) is 42.5 Å². The molecule has 17 heteroatoms. The quantitative estimate of drug-likeness (QED) is 0.378. The Morgan fingerprint density at radius 2 is 1.41 bits per heavy atom. The number of aliphatic hydroxyl groups is 1. The van der Waals surface area contributed by atoms with Crippen LogP contribution in [0.25, 0.3) is 0 Å². The van der Waals surface area contributed by atoms with E-state index >= 15 is 0 Å². The van der Waals surface area contributed by atoms with Crippen LogP contribution in [-0.2, 0) is 20.9 Å². The van der Waals surface area contributed by atoms with E-state index in [1.807, 2.05) is 34.1 Å². The maximum Gasteiger partial charge on any atom is 0.490 e. The number of halogens is 8. The lowest BCUT2D eigenvalue weighted by Crippen LogP contribution is -2.51. The molecule has 1 aliphatic carbocycles. The first-order valence-corrected chi connectivity index (χ1v) is 13.8. The fourth-order valence-corrected chi connectivity index (χ4v) is 5.12. The Labute approximate surface area is 257 Å². The van der Waals surface area contributed by atoms with Crippen molar-refractivity contribution in [2.24, 2.45) is 0 Å². The summed E-state index contributed by atoms with van der Waals surface area (Å²) < 4.78 is 63.5. The summed E-state index contributed by atoms with van der Waals surface area (Å²) in [6.45, 7) is 2.45. The molecule has 242 valence electrons. The minimum absolute atomic E-state index is 0.0487. The van der Waals surface area contributed by atoms with Gasteiger partial charge in [0, 0.05) is 42.3 Å². The number of likely N-dealkylation sites (tertiary alicyclic amines) is 1. The number of fused-ring (bicyclic) bond motifs is 1. The standard InChI is InChI=1S/C23H25Cl2N3O2.2C2HF3O2/c24-16-5-8-19(25)15(11-16)13-26-14-18(29)12-22(26)23(30)28-10-9-27(17-6-7-17)20-3-1-2-4-21(20)28;2*3-2(4,5)1(6)7/h1-5,8,11,17-18,22,29H,6-7,9-10,12-14H2;2*(H,6,7)/t18-,22+;;/m1../s1. The molecule has 1 amide bonds. The normalized spacial score (nSPS) is 20.1. The van der Waals surface area contributed by atoms with Gasteiger partial charge in [-0.1, -0.05) is 35.3 Å². The van der Waals surface area contributed by atoms with Gasteiger partial charge in [0.15, 0.2) is 0 Å². The molecule has 0 radical (unpaired) electrons. The van der Waals surface area contributed by atoms with E-state index in [1.54, 1.807) is 12.1 Å². The van der Waals surface area contributed by atoms with Crippen LogP contribution in [0.4, 0.5) is 37.7 Å². The summed E-state index contributed by atoms with van der Waals surface area (Å²) in [5.74, 6) is -5.47. The van der Waals surface area contributed by atoms with Gasteiger partial charge in [0.05, 0.1) is 23.5 Å². The van der Waals surface area contributed by atoms with Crippen LogP contribution < -0.4 is 9.80 Å². The van der Waals surface area contributed by atoms with Gasteiger partial charge in [-0.2, -0.15) is 26.3 Å². The van der Waals surface area contributed by atoms with Crippen LogP contribution in [0.3, 0.4) is 0 Å². The number of carbonyl (C=O) groups excluding carboxylic acids is 1. The Bertz CT molecular complexity index is 1330. The van der Waals surface area contributed by atoms with E-state index in [-0.39, 0.29) is 11.9 Å². The first-order valence-electron chi connectivity index (χ1n) is 13.0. The van der Waals surface area contributed by atoms with Gasteiger partial charge in [0.1, 0.15) is 0 Å². The van der Waals surface area contributed by atoms with Gasteiger partial charge in [-0.05, 0) is 55.2 Å². The number of nitrogens with zero attached hydrogens (tertiary/aromatic N) is 3. The number of hydrogen-bond acceptors (Lipinski definition) is 6. The first-order chi connectivity index (χ1) is 20.4. The van der Waals surface area contributed by atoms with Gasteiger partial charge in [-0.3, -0.25) is 9.69 Å². The van der Waals surface area contributed by atoms with E-state index in [0.29, 0.717) is 42.1 Å². The number of para-hydroxylation sites is 2. The summed E-state index contributed by atoms with van der Waals surface area (Å²) in [7, 11) is 0. The molecule has 2 fully saturated rings. The molecule has 5 rings (SSSR count). The summed E-state index contributed by atoms with van der Waals surface area (Å²) in [5.41, 5.74) is 2.99. The lowest BCUT2D eigenvalue weighted by atomic mass is 10.1. The highest BCUT2D eigenvalue weighted by molar-refractivity contribution is 6.33. The Morgan fingerprint density at radius 1 is 0.864 bits per heavy atom. The summed E-state index contributed by atoms with van der Waals surface area (Å²) in [6, 6.07) is 13.8. The Kier molecular flexibility index (Phi) is 11.4. The molecule has 0 unspecified atom stereocenters. The van der Waals surface area contributed by atoms with E-state index in [1.165, 1.54) is 12.8 Å². The predicted octanol–water partition coefficient (Wildman–Crippen LogP) is 5.21. The second kappa shape index (κ2) is 14.2. The van der Waals surface area contributed by atoms with E-state index in [4.69, 9.17) is 43.0 Å². The summed E-state index contributed by atoms with van der Waals surface area (Å²) in [6.07, 6.45) is -7.81. The van der Waals surface area contributed by atoms with Crippen LogP contribution in [0.1, 0.15) is 24.8 Å². The van der Waals surface area contributed by atoms with Crippen LogP contribution in [0.2, 0.25) is 10.0 Å². The van der Waals surface area contributed by atoms with Crippen molar-refractivity contribution < 1.29 is 56.0 Å². The van der Waals surface area contributed by atoms with E-state index in [2.05, 4.69) is 11.0 Å². The lowest BCUT2D eigenvalue weighted by molar-refractivity contribution is -0.193. The average Bonchev–Trinajstić information content (AvgIpc) is 3.71. The van der Waals surface area contributed by atoms with Crippen LogP contribution in [-0.4, -0.2) is 88.2 Å². The number of carboxylic acid groups (broad SMARTS) is 2. The Balaban J connectivity index is 0.000000317. The number of carboxylic acids is 2. The second-order valence-corrected chi connectivity index (χ2v) is 10.9. The SMILES string of the molecule is O=C(O)C(F)(F)F.O=C(O)C(F)(F)F.O=C([C@@H]1C[C@@H](O)CN1Cc1cc(Cl)ccc1Cl)N1CCN(C2CC2)c2ccccc21. The molecule has 0 spiro atoms. The average molecular weight is 674 g/mol. The van der Waals surface area contributed by atoms with Crippen LogP contribution >= 0.6 is 23.2 Å². The zero-order valence-electron chi connectivity index (χ0n) is 22.7. The molecule has 44 heavy (non-hydrogen) atoms. The zero-order valence-corrected chi connectivity index (χ0v) is 24.2. The molecule has 2 aliphatic heterocycles. The monoisotopic (exact) mass is 673 g/mol. The Hall–Kier alpha value is -3.27. The largest absolute Gasteiger partial charge is 0.490 e. The maximum absolute atomic E-state index is 13.6. The van der Waals surface area contributed by atoms with Crippen molar-refractivity contribution in [1.29, 1.82) is 0 Å². The van der Waals surface area contributed by atoms with Crippen molar-refractivity contribution in [2.45, 2.75) is 56.3 Å². The van der Waals surface area contributed by atoms with Crippen molar-refractivity contribution in [2.75, 3.05) is 29.4 Å². The number of hydrogen-bond donors (Lipinski definition) is 3. The van der Waals surface area contributed by atoms with Crippen molar-refractivity contribution in [3.63, 3.8) is 0 Å². The maximum atomic E-state index is 13.6. The highest BCUT2D eigenvalue weighted by Gasteiger charge is 2.42. The molecule has 2 heterocycles. The Morgan fingerprint density at radius 3 is 1.93 bits per heavy atom. The van der Waals surface area contributed by atoms with Gasteiger partial charge < -0.3 is 25.1 Å². The second-order valence-electron chi connectivity index (χ2n) is 10.1. The third-order valence-corrected chi connectivity index (χ3v) is 7.44. The van der Waals surface area contributed by atoms with Gasteiger partial charge in [0.25, 0.3) is 0 Å². The molecule has 0 bridgehead atoms. The van der Waals surface area contributed by atoms with E-state index in [0.717, 1.165) is 23.5 Å². The van der Waals surface area contributed by atoms with E-state index < -0.39 is 30.4 Å². The lowest BCUT2D eigenvalue weighted by Gasteiger charge is -2.39. The van der Waals surface area contributed by atoms with E-state index in [9.17, 15) is 36.2 Å². The zero-order chi connectivity index (χ0) is 33.0. The smallest absolute Gasteiger partial charge is 0.475 e. The van der Waals surface area contributed by atoms with Gasteiger partial charge in [0.2, 0.25) is 5.91 Å². The molecule has 2 atom stereocenters. The molecule has 9 nitrogen and oxygen atoms in total. The summed E-state index contributed by atoms with van der Waals surface area (Å²) in [4.78, 5) is 37.8. The number of anilines is 2. The minimum Gasteiger partial charge on any atom is -0.475 e. The van der Waals surface area contributed by atoms with Crippen molar-refractivity contribution >= 4 is 52.4 Å². The predicted molar refractivity (Wildman–Crippen MR) is 148 cm³/mol. The number of β-amino-alcohol motifs (C(OH)–C–C–N with tert-alkyl or cyclic N) is 1. The fourth-order valence-electron chi connectivity index (χ4n) is 4.75.